The molecule has 26 heavy (non-hydrogen) atoms. The molecule has 0 spiro atoms. The molecule has 1 aliphatic rings. The minimum atomic E-state index is -0.504. The molecule has 1 heterocycles. The van der Waals surface area contributed by atoms with Gasteiger partial charge in [0, 0.05) is 17.7 Å². The molecule has 1 aliphatic heterocycles. The fraction of sp³-hybridized carbons (Fsp3) is 0.136. The first-order chi connectivity index (χ1) is 12.8. The Bertz CT molecular complexity index is 883. The lowest BCUT2D eigenvalue weighted by Crippen LogP contribution is -2.31. The van der Waals surface area contributed by atoms with E-state index in [1.165, 1.54) is 0 Å². The van der Waals surface area contributed by atoms with Gasteiger partial charge in [-0.2, -0.15) is 0 Å². The van der Waals surface area contributed by atoms with Gasteiger partial charge in [-0.1, -0.05) is 54.6 Å². The van der Waals surface area contributed by atoms with Gasteiger partial charge in [0.15, 0.2) is 6.10 Å². The normalized spacial score (nSPS) is 15.0. The Morgan fingerprint density at radius 2 is 1.69 bits per heavy atom. The number of hydrogen-bond acceptors (Lipinski definition) is 3. The van der Waals surface area contributed by atoms with Crippen LogP contribution in [0.2, 0.25) is 0 Å². The Hall–Kier alpha value is -3.27. The SMILES string of the molecule is O=C(Nc1ccccc1COc1ccccc1)[C@H]1Cc2ccccc2O1. The van der Waals surface area contributed by atoms with Crippen LogP contribution < -0.4 is 14.8 Å². The molecule has 0 fully saturated rings. The summed E-state index contributed by atoms with van der Waals surface area (Å²) in [6.45, 7) is 0.381. The van der Waals surface area contributed by atoms with Gasteiger partial charge >= 0.3 is 0 Å². The average Bonchev–Trinajstić information content (AvgIpc) is 3.12. The highest BCUT2D eigenvalue weighted by atomic mass is 16.5. The number of rotatable bonds is 5. The number of carbonyl (C=O) groups excluding carboxylic acids is 1. The minimum absolute atomic E-state index is 0.145. The molecule has 1 atom stereocenters. The van der Waals surface area contributed by atoms with Gasteiger partial charge in [-0.3, -0.25) is 4.79 Å². The molecule has 0 unspecified atom stereocenters. The summed E-state index contributed by atoms with van der Waals surface area (Å²) >= 11 is 0. The highest BCUT2D eigenvalue weighted by molar-refractivity contribution is 5.95. The van der Waals surface area contributed by atoms with E-state index < -0.39 is 6.10 Å². The smallest absolute Gasteiger partial charge is 0.265 e. The third-order valence-corrected chi connectivity index (χ3v) is 4.35. The van der Waals surface area contributed by atoms with E-state index in [0.29, 0.717) is 13.0 Å². The number of para-hydroxylation sites is 3. The second-order valence-corrected chi connectivity index (χ2v) is 6.17. The van der Waals surface area contributed by atoms with Crippen LogP contribution >= 0.6 is 0 Å². The van der Waals surface area contributed by atoms with Gasteiger partial charge in [-0.05, 0) is 29.8 Å². The van der Waals surface area contributed by atoms with E-state index in [0.717, 1.165) is 28.3 Å². The minimum Gasteiger partial charge on any atom is -0.489 e. The summed E-state index contributed by atoms with van der Waals surface area (Å²) in [6, 6.07) is 25.0. The van der Waals surface area contributed by atoms with Crippen molar-refractivity contribution in [1.82, 2.24) is 0 Å². The van der Waals surface area contributed by atoms with Gasteiger partial charge in [0.1, 0.15) is 18.1 Å². The Balaban J connectivity index is 1.43. The fourth-order valence-electron chi connectivity index (χ4n) is 2.99. The first-order valence-electron chi connectivity index (χ1n) is 8.61. The third kappa shape index (κ3) is 3.54. The predicted octanol–water partition coefficient (Wildman–Crippen LogP) is 4.21. The van der Waals surface area contributed by atoms with Crippen molar-refractivity contribution in [2.45, 2.75) is 19.1 Å². The van der Waals surface area contributed by atoms with Crippen LogP contribution in [0.5, 0.6) is 11.5 Å². The van der Waals surface area contributed by atoms with Crippen molar-refractivity contribution in [3.63, 3.8) is 0 Å². The number of anilines is 1. The average molecular weight is 345 g/mol. The molecule has 4 nitrogen and oxygen atoms in total. The van der Waals surface area contributed by atoms with Crippen LogP contribution in [-0.4, -0.2) is 12.0 Å². The summed E-state index contributed by atoms with van der Waals surface area (Å²) in [5.41, 5.74) is 2.72. The molecule has 3 aromatic carbocycles. The first kappa shape index (κ1) is 16.2. The zero-order chi connectivity index (χ0) is 17.8. The lowest BCUT2D eigenvalue weighted by atomic mass is 10.1. The van der Waals surface area contributed by atoms with E-state index in [9.17, 15) is 4.79 Å². The molecule has 130 valence electrons. The van der Waals surface area contributed by atoms with Crippen molar-refractivity contribution in [2.24, 2.45) is 0 Å². The summed E-state index contributed by atoms with van der Waals surface area (Å²) < 4.78 is 11.6. The molecule has 3 aromatic rings. The van der Waals surface area contributed by atoms with Gasteiger partial charge in [-0.15, -0.1) is 0 Å². The van der Waals surface area contributed by atoms with Gasteiger partial charge < -0.3 is 14.8 Å². The summed E-state index contributed by atoms with van der Waals surface area (Å²) in [4.78, 5) is 12.6. The van der Waals surface area contributed by atoms with Crippen molar-refractivity contribution < 1.29 is 14.3 Å². The summed E-state index contributed by atoms with van der Waals surface area (Å²) in [5, 5.41) is 2.98. The van der Waals surface area contributed by atoms with Crippen LogP contribution in [-0.2, 0) is 17.8 Å². The van der Waals surface area contributed by atoms with Crippen molar-refractivity contribution in [3.05, 3.63) is 90.0 Å². The monoisotopic (exact) mass is 345 g/mol. The number of ether oxygens (including phenoxy) is 2. The molecule has 4 heteroatoms. The van der Waals surface area contributed by atoms with E-state index in [1.807, 2.05) is 78.9 Å². The quantitative estimate of drug-likeness (QED) is 0.754. The molecular weight excluding hydrogens is 326 g/mol. The Kier molecular flexibility index (Phi) is 4.56. The van der Waals surface area contributed by atoms with E-state index in [-0.39, 0.29) is 5.91 Å². The predicted molar refractivity (Wildman–Crippen MR) is 100 cm³/mol. The zero-order valence-electron chi connectivity index (χ0n) is 14.2. The second-order valence-electron chi connectivity index (χ2n) is 6.17. The summed E-state index contributed by atoms with van der Waals surface area (Å²) in [5.74, 6) is 1.44. The number of amides is 1. The Morgan fingerprint density at radius 1 is 0.962 bits per heavy atom. The second kappa shape index (κ2) is 7.31. The molecule has 0 aliphatic carbocycles. The fourth-order valence-corrected chi connectivity index (χ4v) is 2.99. The topological polar surface area (TPSA) is 47.6 Å². The van der Waals surface area contributed by atoms with Crippen molar-refractivity contribution in [1.29, 1.82) is 0 Å². The molecule has 1 N–H and O–H groups in total. The van der Waals surface area contributed by atoms with E-state index in [4.69, 9.17) is 9.47 Å². The maximum Gasteiger partial charge on any atom is 0.265 e. The molecule has 0 bridgehead atoms. The maximum atomic E-state index is 12.6. The number of carbonyl (C=O) groups is 1. The van der Waals surface area contributed by atoms with Crippen molar-refractivity contribution >= 4 is 11.6 Å². The highest BCUT2D eigenvalue weighted by Crippen LogP contribution is 2.29. The highest BCUT2D eigenvalue weighted by Gasteiger charge is 2.29. The Labute approximate surface area is 152 Å². The van der Waals surface area contributed by atoms with Crippen molar-refractivity contribution in [3.8, 4) is 11.5 Å². The lowest BCUT2D eigenvalue weighted by molar-refractivity contribution is -0.122. The summed E-state index contributed by atoms with van der Waals surface area (Å²) in [7, 11) is 0. The molecule has 4 rings (SSSR count). The standard InChI is InChI=1S/C22H19NO3/c24-22(21-14-16-8-5-7-13-20(16)26-21)23-19-12-6-4-9-17(19)15-25-18-10-2-1-3-11-18/h1-13,21H,14-15H2,(H,23,24)/t21-/m1/s1. The van der Waals surface area contributed by atoms with Gasteiger partial charge in [0.25, 0.3) is 5.91 Å². The van der Waals surface area contributed by atoms with Crippen LogP contribution in [0.4, 0.5) is 5.69 Å². The molecule has 0 radical (unpaired) electrons. The molecule has 0 saturated carbocycles. The van der Waals surface area contributed by atoms with E-state index in [1.54, 1.807) is 0 Å². The van der Waals surface area contributed by atoms with Gasteiger partial charge in [-0.25, -0.2) is 0 Å². The molecule has 0 aromatic heterocycles. The number of benzene rings is 3. The molecule has 0 saturated heterocycles. The Morgan fingerprint density at radius 3 is 2.54 bits per heavy atom. The number of hydrogen-bond donors (Lipinski definition) is 1. The number of nitrogens with one attached hydrogen (secondary N) is 1. The molecular formula is C22H19NO3. The van der Waals surface area contributed by atoms with E-state index >= 15 is 0 Å². The largest absolute Gasteiger partial charge is 0.489 e. The third-order valence-electron chi connectivity index (χ3n) is 4.35. The number of fused-ring (bicyclic) bond motifs is 1. The van der Waals surface area contributed by atoms with Gasteiger partial charge in [0.2, 0.25) is 0 Å². The maximum absolute atomic E-state index is 12.6. The lowest BCUT2D eigenvalue weighted by Gasteiger charge is -2.15. The zero-order valence-corrected chi connectivity index (χ0v) is 14.2. The van der Waals surface area contributed by atoms with Crippen LogP contribution in [0, 0.1) is 0 Å². The van der Waals surface area contributed by atoms with Crippen molar-refractivity contribution in [2.75, 3.05) is 5.32 Å². The molecule has 1 amide bonds. The van der Waals surface area contributed by atoms with Gasteiger partial charge in [0.05, 0.1) is 0 Å². The van der Waals surface area contributed by atoms with Crippen LogP contribution in [0.3, 0.4) is 0 Å². The summed E-state index contributed by atoms with van der Waals surface area (Å²) in [6.07, 6.45) is 0.0838. The van der Waals surface area contributed by atoms with Crippen LogP contribution in [0.25, 0.3) is 0 Å². The van der Waals surface area contributed by atoms with Crippen LogP contribution in [0.1, 0.15) is 11.1 Å². The first-order valence-corrected chi connectivity index (χ1v) is 8.61. The van der Waals surface area contributed by atoms with Crippen LogP contribution in [0.15, 0.2) is 78.9 Å². The van der Waals surface area contributed by atoms with E-state index in [2.05, 4.69) is 5.32 Å².